The summed E-state index contributed by atoms with van der Waals surface area (Å²) in [6.07, 6.45) is -4.54. The Balaban J connectivity index is 2.61. The highest BCUT2D eigenvalue weighted by atomic mass is 127. The maximum absolute atomic E-state index is 12.2. The standard InChI is InChI=1S/C10H7F3INO/c11-10(12,13)7(5-15)6-16-9-3-1-2-8(14)4-9/h1-4,7H,6H2. The Hall–Kier alpha value is -0.970. The Morgan fingerprint density at radius 2 is 2.12 bits per heavy atom. The van der Waals surface area contributed by atoms with E-state index in [9.17, 15) is 13.2 Å². The van der Waals surface area contributed by atoms with Crippen LogP contribution in [0.1, 0.15) is 0 Å². The van der Waals surface area contributed by atoms with Crippen LogP contribution >= 0.6 is 22.6 Å². The lowest BCUT2D eigenvalue weighted by molar-refractivity contribution is -0.165. The Morgan fingerprint density at radius 1 is 1.44 bits per heavy atom. The largest absolute Gasteiger partial charge is 0.492 e. The molecule has 0 aliphatic rings. The van der Waals surface area contributed by atoms with Crippen LogP contribution in [0, 0.1) is 20.8 Å². The summed E-state index contributed by atoms with van der Waals surface area (Å²) in [5.41, 5.74) is 0. The fourth-order valence-corrected chi connectivity index (χ4v) is 1.46. The number of hydrogen-bond acceptors (Lipinski definition) is 2. The van der Waals surface area contributed by atoms with Crippen LogP contribution in [0.3, 0.4) is 0 Å². The van der Waals surface area contributed by atoms with Gasteiger partial charge in [0, 0.05) is 3.57 Å². The maximum Gasteiger partial charge on any atom is 0.407 e. The minimum atomic E-state index is -4.54. The summed E-state index contributed by atoms with van der Waals surface area (Å²) in [7, 11) is 0. The van der Waals surface area contributed by atoms with E-state index >= 15 is 0 Å². The first-order valence-corrected chi connectivity index (χ1v) is 5.36. The van der Waals surface area contributed by atoms with E-state index in [-0.39, 0.29) is 0 Å². The molecule has 0 aromatic heterocycles. The predicted molar refractivity (Wildman–Crippen MR) is 59.8 cm³/mol. The highest BCUT2D eigenvalue weighted by molar-refractivity contribution is 14.1. The molecule has 0 aliphatic carbocycles. The molecule has 2 nitrogen and oxygen atoms in total. The van der Waals surface area contributed by atoms with Crippen LogP contribution in [0.4, 0.5) is 13.2 Å². The Morgan fingerprint density at radius 3 is 2.62 bits per heavy atom. The van der Waals surface area contributed by atoms with Crippen LogP contribution in [0.15, 0.2) is 24.3 Å². The van der Waals surface area contributed by atoms with E-state index in [4.69, 9.17) is 10.00 Å². The third-order valence-corrected chi connectivity index (χ3v) is 2.43. The minimum absolute atomic E-state index is 0.330. The van der Waals surface area contributed by atoms with E-state index in [1.807, 2.05) is 22.6 Å². The van der Waals surface area contributed by atoms with Gasteiger partial charge in [0.25, 0.3) is 0 Å². The second-order valence-electron chi connectivity index (χ2n) is 2.99. The number of alkyl halides is 3. The number of nitriles is 1. The van der Waals surface area contributed by atoms with E-state index in [1.165, 1.54) is 6.07 Å². The molecule has 1 rings (SSSR count). The van der Waals surface area contributed by atoms with Crippen LogP contribution < -0.4 is 4.74 Å². The number of nitrogens with zero attached hydrogens (tertiary/aromatic N) is 1. The van der Waals surface area contributed by atoms with Crippen LogP contribution in [0.2, 0.25) is 0 Å². The molecule has 1 aromatic carbocycles. The quantitative estimate of drug-likeness (QED) is 0.790. The molecule has 0 fully saturated rings. The molecule has 0 saturated heterocycles. The SMILES string of the molecule is N#CC(COc1cccc(I)c1)C(F)(F)F. The van der Waals surface area contributed by atoms with Gasteiger partial charge in [-0.2, -0.15) is 18.4 Å². The average molecular weight is 341 g/mol. The summed E-state index contributed by atoms with van der Waals surface area (Å²) in [5.74, 6) is -1.76. The summed E-state index contributed by atoms with van der Waals surface area (Å²) < 4.78 is 42.4. The molecule has 0 N–H and O–H groups in total. The monoisotopic (exact) mass is 341 g/mol. The van der Waals surface area contributed by atoms with Crippen LogP contribution in [-0.4, -0.2) is 12.8 Å². The summed E-state index contributed by atoms with van der Waals surface area (Å²) >= 11 is 2.02. The number of rotatable bonds is 3. The van der Waals surface area contributed by atoms with Gasteiger partial charge in [-0.3, -0.25) is 0 Å². The number of benzene rings is 1. The normalized spacial score (nSPS) is 12.9. The zero-order chi connectivity index (χ0) is 12.2. The first-order valence-electron chi connectivity index (χ1n) is 4.28. The fraction of sp³-hybridized carbons (Fsp3) is 0.300. The lowest BCUT2D eigenvalue weighted by Crippen LogP contribution is -2.27. The molecule has 0 amide bonds. The van der Waals surface area contributed by atoms with Crippen molar-refractivity contribution in [2.24, 2.45) is 5.92 Å². The molecule has 0 radical (unpaired) electrons. The van der Waals surface area contributed by atoms with Crippen molar-refractivity contribution in [3.05, 3.63) is 27.8 Å². The van der Waals surface area contributed by atoms with Crippen LogP contribution in [0.25, 0.3) is 0 Å². The van der Waals surface area contributed by atoms with Crippen molar-refractivity contribution in [1.29, 1.82) is 5.26 Å². The molecule has 0 spiro atoms. The lowest BCUT2D eigenvalue weighted by Gasteiger charge is -2.14. The van der Waals surface area contributed by atoms with Gasteiger partial charge in [0.15, 0.2) is 5.92 Å². The minimum Gasteiger partial charge on any atom is -0.492 e. The smallest absolute Gasteiger partial charge is 0.407 e. The lowest BCUT2D eigenvalue weighted by atomic mass is 10.2. The average Bonchev–Trinajstić information content (AvgIpc) is 2.16. The zero-order valence-corrected chi connectivity index (χ0v) is 10.1. The molecule has 1 atom stereocenters. The summed E-state index contributed by atoms with van der Waals surface area (Å²) in [4.78, 5) is 0. The van der Waals surface area contributed by atoms with E-state index in [0.717, 1.165) is 3.57 Å². The summed E-state index contributed by atoms with van der Waals surface area (Å²) in [6.45, 7) is -0.680. The second-order valence-corrected chi connectivity index (χ2v) is 4.24. The van der Waals surface area contributed by atoms with Gasteiger partial charge in [-0.05, 0) is 40.8 Å². The molecule has 1 unspecified atom stereocenters. The van der Waals surface area contributed by atoms with Gasteiger partial charge in [0.2, 0.25) is 0 Å². The van der Waals surface area contributed by atoms with Crippen LogP contribution in [-0.2, 0) is 0 Å². The van der Waals surface area contributed by atoms with E-state index < -0.39 is 18.7 Å². The molecule has 0 saturated carbocycles. The Labute approximate surface area is 104 Å². The Bertz CT molecular complexity index is 400. The zero-order valence-electron chi connectivity index (χ0n) is 7.96. The highest BCUT2D eigenvalue weighted by Gasteiger charge is 2.40. The van der Waals surface area contributed by atoms with Gasteiger partial charge in [0.1, 0.15) is 12.4 Å². The number of ether oxygens (including phenoxy) is 1. The van der Waals surface area contributed by atoms with E-state index in [2.05, 4.69) is 0 Å². The molecule has 0 aliphatic heterocycles. The summed E-state index contributed by atoms with van der Waals surface area (Å²) in [6, 6.07) is 7.79. The molecule has 86 valence electrons. The maximum atomic E-state index is 12.2. The van der Waals surface area contributed by atoms with Gasteiger partial charge in [-0.1, -0.05) is 6.07 Å². The molecule has 6 heteroatoms. The third kappa shape index (κ3) is 3.89. The highest BCUT2D eigenvalue weighted by Crippen LogP contribution is 2.26. The molecule has 16 heavy (non-hydrogen) atoms. The number of halogens is 4. The molecule has 1 aromatic rings. The van der Waals surface area contributed by atoms with Crippen LogP contribution in [0.5, 0.6) is 5.75 Å². The topological polar surface area (TPSA) is 33.0 Å². The Kier molecular flexibility index (Phi) is 4.41. The first kappa shape index (κ1) is 13.1. The summed E-state index contributed by atoms with van der Waals surface area (Å²) in [5, 5.41) is 8.34. The second kappa shape index (κ2) is 5.39. The van der Waals surface area contributed by atoms with E-state index in [0.29, 0.717) is 5.75 Å². The predicted octanol–water partition coefficient (Wildman–Crippen LogP) is 3.37. The molecule has 0 bridgehead atoms. The van der Waals surface area contributed by atoms with Crippen molar-refractivity contribution in [2.45, 2.75) is 6.18 Å². The van der Waals surface area contributed by atoms with Crippen molar-refractivity contribution < 1.29 is 17.9 Å². The molecular formula is C10H7F3INO. The fourth-order valence-electron chi connectivity index (χ4n) is 0.941. The van der Waals surface area contributed by atoms with Gasteiger partial charge >= 0.3 is 6.18 Å². The third-order valence-electron chi connectivity index (χ3n) is 1.76. The van der Waals surface area contributed by atoms with Gasteiger partial charge < -0.3 is 4.74 Å². The van der Waals surface area contributed by atoms with Crippen molar-refractivity contribution >= 4 is 22.6 Å². The van der Waals surface area contributed by atoms with Crippen molar-refractivity contribution in [2.75, 3.05) is 6.61 Å². The first-order chi connectivity index (χ1) is 7.43. The molecule has 0 heterocycles. The van der Waals surface area contributed by atoms with E-state index in [1.54, 1.807) is 24.3 Å². The van der Waals surface area contributed by atoms with Crippen molar-refractivity contribution in [3.8, 4) is 11.8 Å². The van der Waals surface area contributed by atoms with Gasteiger partial charge in [0.05, 0.1) is 6.07 Å². The van der Waals surface area contributed by atoms with Crippen molar-refractivity contribution in [3.63, 3.8) is 0 Å². The number of hydrogen-bond donors (Lipinski definition) is 0. The van der Waals surface area contributed by atoms with Gasteiger partial charge in [-0.15, -0.1) is 0 Å². The molecular weight excluding hydrogens is 334 g/mol. The van der Waals surface area contributed by atoms with Gasteiger partial charge in [-0.25, -0.2) is 0 Å². The van der Waals surface area contributed by atoms with Crippen molar-refractivity contribution in [1.82, 2.24) is 0 Å².